The first-order valence-corrected chi connectivity index (χ1v) is 5.32. The Labute approximate surface area is 113 Å². The number of thiol groups is 2. The molecule has 1 unspecified atom stereocenters. The van der Waals surface area contributed by atoms with Crippen molar-refractivity contribution < 1.29 is 9.90 Å². The summed E-state index contributed by atoms with van der Waals surface area (Å²) in [6.45, 7) is 0. The summed E-state index contributed by atoms with van der Waals surface area (Å²) in [5, 5.41) is 8.74. The van der Waals surface area contributed by atoms with Crippen LogP contribution in [0.1, 0.15) is 32.1 Å². The van der Waals surface area contributed by atoms with Gasteiger partial charge in [-0.3, -0.25) is 4.79 Å². The number of carboxylic acid groups (broad SMARTS) is 1. The summed E-state index contributed by atoms with van der Waals surface area (Å²) in [5.74, 6) is 0.146. The van der Waals surface area contributed by atoms with Gasteiger partial charge in [-0.2, -0.15) is 25.3 Å². The summed E-state index contributed by atoms with van der Waals surface area (Å²) in [6, 6.07) is 0. The van der Waals surface area contributed by atoms with Crippen LogP contribution in [0.4, 0.5) is 0 Å². The molecule has 0 aromatic rings. The maximum absolute atomic E-state index is 10.1. The van der Waals surface area contributed by atoms with Gasteiger partial charge in [0.15, 0.2) is 0 Å². The third-order valence-electron chi connectivity index (χ3n) is 1.64. The molecule has 1 atom stereocenters. The van der Waals surface area contributed by atoms with E-state index in [0.29, 0.717) is 5.25 Å². The van der Waals surface area contributed by atoms with Crippen LogP contribution in [0.25, 0.3) is 0 Å². The summed E-state index contributed by atoms with van der Waals surface area (Å²) in [4.78, 5) is 10.1. The van der Waals surface area contributed by atoms with E-state index in [0.717, 1.165) is 31.4 Å². The Morgan fingerprint density at radius 2 is 1.92 bits per heavy atom. The predicted molar refractivity (Wildman–Crippen MR) is 63.1 cm³/mol. The molecule has 1 N–H and O–H groups in total. The summed E-state index contributed by atoms with van der Waals surface area (Å²) in [6.07, 6.45) is 3.99. The molecule has 0 rings (SSSR count). The van der Waals surface area contributed by atoms with E-state index >= 15 is 0 Å². The number of rotatable bonds is 7. The van der Waals surface area contributed by atoms with Gasteiger partial charge in [0.2, 0.25) is 0 Å². The SMILES string of the molecule is O=C(O)CCCCC(S)CCS.[Na]. The minimum absolute atomic E-state index is 0. The van der Waals surface area contributed by atoms with Crippen LogP contribution >= 0.6 is 25.3 Å². The summed E-state index contributed by atoms with van der Waals surface area (Å²) in [5.41, 5.74) is 0. The normalized spacial score (nSPS) is 11.8. The quantitative estimate of drug-likeness (QED) is 0.355. The Kier molecular flexibility index (Phi) is 14.4. The zero-order valence-corrected chi connectivity index (χ0v) is 11.9. The van der Waals surface area contributed by atoms with Crippen LogP contribution in [-0.2, 0) is 4.79 Å². The Balaban J connectivity index is 0. The van der Waals surface area contributed by atoms with E-state index in [1.54, 1.807) is 0 Å². The van der Waals surface area contributed by atoms with E-state index in [-0.39, 0.29) is 36.0 Å². The van der Waals surface area contributed by atoms with Crippen molar-refractivity contribution in [3.63, 3.8) is 0 Å². The second-order valence-corrected chi connectivity index (χ2v) is 3.98. The standard InChI is InChI=1S/C8H16O2S2.Na/c9-8(10)4-2-1-3-7(12)5-6-11;/h7,11-12H,1-6H2,(H,9,10);. The molecule has 2 nitrogen and oxygen atoms in total. The van der Waals surface area contributed by atoms with Crippen molar-refractivity contribution in [3.8, 4) is 0 Å². The van der Waals surface area contributed by atoms with Gasteiger partial charge in [-0.25, -0.2) is 0 Å². The minimum atomic E-state index is -0.708. The monoisotopic (exact) mass is 231 g/mol. The number of carbonyl (C=O) groups is 1. The maximum Gasteiger partial charge on any atom is 0.303 e. The second kappa shape index (κ2) is 11.2. The van der Waals surface area contributed by atoms with E-state index in [2.05, 4.69) is 25.3 Å². The van der Waals surface area contributed by atoms with Crippen LogP contribution in [0.15, 0.2) is 0 Å². The molecule has 0 aliphatic carbocycles. The van der Waals surface area contributed by atoms with Gasteiger partial charge in [0.25, 0.3) is 0 Å². The molecule has 0 aromatic heterocycles. The zero-order chi connectivity index (χ0) is 9.40. The molecular weight excluding hydrogens is 215 g/mol. The molecular formula is C8H16NaO2S2. The Morgan fingerprint density at radius 3 is 2.38 bits per heavy atom. The van der Waals surface area contributed by atoms with Crippen molar-refractivity contribution in [2.45, 2.75) is 37.4 Å². The average Bonchev–Trinajstić information content (AvgIpc) is 1.98. The van der Waals surface area contributed by atoms with Crippen molar-refractivity contribution >= 4 is 60.8 Å². The van der Waals surface area contributed by atoms with E-state index in [1.165, 1.54) is 0 Å². The third-order valence-corrected chi connectivity index (χ3v) is 2.41. The minimum Gasteiger partial charge on any atom is -0.481 e. The van der Waals surface area contributed by atoms with Gasteiger partial charge < -0.3 is 5.11 Å². The molecule has 73 valence electrons. The molecule has 0 aliphatic heterocycles. The van der Waals surface area contributed by atoms with Crippen LogP contribution in [0.5, 0.6) is 0 Å². The first kappa shape index (κ1) is 16.6. The molecule has 13 heavy (non-hydrogen) atoms. The molecule has 0 saturated heterocycles. The summed E-state index contributed by atoms with van der Waals surface area (Å²) >= 11 is 8.43. The van der Waals surface area contributed by atoms with Gasteiger partial charge in [-0.1, -0.05) is 6.42 Å². The van der Waals surface area contributed by atoms with Crippen molar-refractivity contribution in [2.24, 2.45) is 0 Å². The summed E-state index contributed by atoms with van der Waals surface area (Å²) < 4.78 is 0. The van der Waals surface area contributed by atoms with E-state index in [9.17, 15) is 4.79 Å². The molecule has 0 amide bonds. The van der Waals surface area contributed by atoms with E-state index in [1.807, 2.05) is 0 Å². The van der Waals surface area contributed by atoms with Gasteiger partial charge in [-0.05, 0) is 25.0 Å². The second-order valence-electron chi connectivity index (χ2n) is 2.81. The number of unbranched alkanes of at least 4 members (excludes halogenated alkanes) is 1. The molecule has 0 bridgehead atoms. The van der Waals surface area contributed by atoms with Crippen molar-refractivity contribution in [2.75, 3.05) is 5.75 Å². The largest absolute Gasteiger partial charge is 0.481 e. The fourth-order valence-corrected chi connectivity index (χ4v) is 1.78. The molecule has 1 radical (unpaired) electrons. The van der Waals surface area contributed by atoms with Gasteiger partial charge in [-0.15, -0.1) is 0 Å². The van der Waals surface area contributed by atoms with Gasteiger partial charge >= 0.3 is 5.97 Å². The molecule has 0 aromatic carbocycles. The number of aliphatic carboxylic acids is 1. The topological polar surface area (TPSA) is 37.3 Å². The van der Waals surface area contributed by atoms with Gasteiger partial charge in [0, 0.05) is 41.2 Å². The Morgan fingerprint density at radius 1 is 1.31 bits per heavy atom. The fourth-order valence-electron chi connectivity index (χ4n) is 0.950. The average molecular weight is 231 g/mol. The van der Waals surface area contributed by atoms with Crippen molar-refractivity contribution in [1.29, 1.82) is 0 Å². The van der Waals surface area contributed by atoms with Crippen LogP contribution in [0.2, 0.25) is 0 Å². The van der Waals surface area contributed by atoms with Crippen LogP contribution in [-0.4, -0.2) is 51.6 Å². The number of carboxylic acids is 1. The molecule has 5 heteroatoms. The molecule has 0 fully saturated rings. The van der Waals surface area contributed by atoms with Crippen LogP contribution in [0.3, 0.4) is 0 Å². The van der Waals surface area contributed by atoms with Gasteiger partial charge in [0.05, 0.1) is 0 Å². The third kappa shape index (κ3) is 13.2. The smallest absolute Gasteiger partial charge is 0.303 e. The van der Waals surface area contributed by atoms with Crippen molar-refractivity contribution in [3.05, 3.63) is 0 Å². The number of hydrogen-bond donors (Lipinski definition) is 3. The molecule has 0 heterocycles. The molecule has 0 aliphatic rings. The summed E-state index contributed by atoms with van der Waals surface area (Å²) in [7, 11) is 0. The van der Waals surface area contributed by atoms with Gasteiger partial charge in [0.1, 0.15) is 0 Å². The maximum atomic E-state index is 10.1. The Hall–Kier alpha value is 1.17. The van der Waals surface area contributed by atoms with Crippen molar-refractivity contribution in [1.82, 2.24) is 0 Å². The Bertz CT molecular complexity index is 133. The molecule has 0 spiro atoms. The first-order valence-electron chi connectivity index (χ1n) is 4.17. The zero-order valence-electron chi connectivity index (χ0n) is 8.07. The van der Waals surface area contributed by atoms with E-state index < -0.39 is 5.97 Å². The number of hydrogen-bond acceptors (Lipinski definition) is 3. The molecule has 0 saturated carbocycles. The van der Waals surface area contributed by atoms with Crippen LogP contribution < -0.4 is 0 Å². The van der Waals surface area contributed by atoms with Crippen LogP contribution in [0, 0.1) is 0 Å². The predicted octanol–water partition coefficient (Wildman–Crippen LogP) is 1.87. The fraction of sp³-hybridized carbons (Fsp3) is 0.875. The van der Waals surface area contributed by atoms with E-state index in [4.69, 9.17) is 5.11 Å². The first-order chi connectivity index (χ1) is 5.66.